The van der Waals surface area contributed by atoms with E-state index in [1.807, 2.05) is 25.1 Å². The van der Waals surface area contributed by atoms with Crippen LogP contribution in [0.5, 0.6) is 0 Å². The summed E-state index contributed by atoms with van der Waals surface area (Å²) in [7, 11) is 0. The van der Waals surface area contributed by atoms with E-state index in [2.05, 4.69) is 10.3 Å². The summed E-state index contributed by atoms with van der Waals surface area (Å²) in [5.74, 6) is 0.792. The Hall–Kier alpha value is -2.36. The molecule has 18 heavy (non-hydrogen) atoms. The van der Waals surface area contributed by atoms with Gasteiger partial charge in [0.15, 0.2) is 5.78 Å². The molecule has 2 aromatic rings. The van der Waals surface area contributed by atoms with Crippen molar-refractivity contribution in [1.82, 2.24) is 4.98 Å². The molecular weight excluding hydrogens is 226 g/mol. The Morgan fingerprint density at radius 2 is 1.94 bits per heavy atom. The lowest BCUT2D eigenvalue weighted by atomic mass is 10.1. The van der Waals surface area contributed by atoms with Gasteiger partial charge in [0.25, 0.3) is 0 Å². The van der Waals surface area contributed by atoms with Crippen molar-refractivity contribution in [2.45, 2.75) is 13.8 Å². The van der Waals surface area contributed by atoms with Crippen molar-refractivity contribution in [3.05, 3.63) is 47.7 Å². The molecule has 0 fully saturated rings. The number of nitrogens with zero attached hydrogens (tertiary/aromatic N) is 1. The van der Waals surface area contributed by atoms with Gasteiger partial charge in [-0.05, 0) is 49.7 Å². The highest BCUT2D eigenvalue weighted by Gasteiger charge is 2.01. The number of ketones is 1. The zero-order chi connectivity index (χ0) is 13.1. The summed E-state index contributed by atoms with van der Waals surface area (Å²) >= 11 is 0. The number of anilines is 3. The van der Waals surface area contributed by atoms with E-state index >= 15 is 0 Å². The molecule has 2 rings (SSSR count). The fourth-order valence-electron chi connectivity index (χ4n) is 1.57. The van der Waals surface area contributed by atoms with Crippen molar-refractivity contribution in [2.75, 3.05) is 11.1 Å². The van der Waals surface area contributed by atoms with Gasteiger partial charge in [-0.3, -0.25) is 4.79 Å². The summed E-state index contributed by atoms with van der Waals surface area (Å²) in [6, 6.07) is 9.16. The van der Waals surface area contributed by atoms with Crippen molar-refractivity contribution in [2.24, 2.45) is 0 Å². The fraction of sp³-hybridized carbons (Fsp3) is 0.143. The summed E-state index contributed by atoms with van der Waals surface area (Å²) in [6.45, 7) is 3.48. The lowest BCUT2D eigenvalue weighted by Gasteiger charge is -2.07. The minimum absolute atomic E-state index is 0.0583. The predicted molar refractivity (Wildman–Crippen MR) is 73.1 cm³/mol. The molecule has 4 heteroatoms. The number of aromatic nitrogens is 1. The van der Waals surface area contributed by atoms with E-state index in [0.717, 1.165) is 17.1 Å². The van der Waals surface area contributed by atoms with Crippen LogP contribution < -0.4 is 11.1 Å². The molecule has 0 bridgehead atoms. The SMILES string of the molecule is CC(=O)c1ccc(Nc2cc(C)c(N)cn2)cc1. The normalized spacial score (nSPS) is 10.1. The van der Waals surface area contributed by atoms with Crippen LogP contribution in [0.15, 0.2) is 36.5 Å². The number of pyridine rings is 1. The Kier molecular flexibility index (Phi) is 3.28. The van der Waals surface area contributed by atoms with Crippen molar-refractivity contribution >= 4 is 23.0 Å². The van der Waals surface area contributed by atoms with Crippen molar-refractivity contribution in [1.29, 1.82) is 0 Å². The maximum absolute atomic E-state index is 11.2. The Morgan fingerprint density at radius 1 is 1.28 bits per heavy atom. The molecule has 1 aromatic heterocycles. The van der Waals surface area contributed by atoms with E-state index in [0.29, 0.717) is 11.3 Å². The van der Waals surface area contributed by atoms with E-state index in [1.165, 1.54) is 0 Å². The van der Waals surface area contributed by atoms with E-state index in [9.17, 15) is 4.79 Å². The molecule has 0 saturated carbocycles. The van der Waals surface area contributed by atoms with Crippen LogP contribution in [0.3, 0.4) is 0 Å². The highest BCUT2D eigenvalue weighted by Crippen LogP contribution is 2.18. The predicted octanol–water partition coefficient (Wildman–Crippen LogP) is 2.92. The average Bonchev–Trinajstić information content (AvgIpc) is 2.34. The van der Waals surface area contributed by atoms with E-state index in [1.54, 1.807) is 25.3 Å². The van der Waals surface area contributed by atoms with Crippen LogP contribution in [0.4, 0.5) is 17.2 Å². The third-order valence-corrected chi connectivity index (χ3v) is 2.72. The second-order valence-corrected chi connectivity index (χ2v) is 4.18. The highest BCUT2D eigenvalue weighted by atomic mass is 16.1. The monoisotopic (exact) mass is 241 g/mol. The van der Waals surface area contributed by atoms with Crippen LogP contribution in [-0.2, 0) is 0 Å². The fourth-order valence-corrected chi connectivity index (χ4v) is 1.57. The van der Waals surface area contributed by atoms with Crippen molar-refractivity contribution in [3.63, 3.8) is 0 Å². The molecule has 92 valence electrons. The first-order valence-corrected chi connectivity index (χ1v) is 5.66. The standard InChI is InChI=1S/C14H15N3O/c1-9-7-14(16-8-13(9)15)17-12-5-3-11(4-6-12)10(2)18/h3-8H,15H2,1-2H3,(H,16,17). The first-order chi connectivity index (χ1) is 8.56. The zero-order valence-electron chi connectivity index (χ0n) is 10.4. The van der Waals surface area contributed by atoms with Gasteiger partial charge < -0.3 is 11.1 Å². The van der Waals surface area contributed by atoms with Gasteiger partial charge in [-0.25, -0.2) is 4.98 Å². The number of nitrogens with one attached hydrogen (secondary N) is 1. The lowest BCUT2D eigenvalue weighted by Crippen LogP contribution is -1.98. The Bertz CT molecular complexity index is 576. The third kappa shape index (κ3) is 2.66. The average molecular weight is 241 g/mol. The van der Waals surface area contributed by atoms with Gasteiger partial charge in [-0.2, -0.15) is 0 Å². The van der Waals surface area contributed by atoms with Gasteiger partial charge in [-0.15, -0.1) is 0 Å². The topological polar surface area (TPSA) is 68.0 Å². The van der Waals surface area contributed by atoms with Crippen LogP contribution >= 0.6 is 0 Å². The quantitative estimate of drug-likeness (QED) is 0.811. The number of Topliss-reactive ketones (excluding diaryl/α,β-unsaturated/α-hetero) is 1. The number of nitrogen functional groups attached to an aromatic ring is 1. The Balaban J connectivity index is 2.18. The first-order valence-electron chi connectivity index (χ1n) is 5.66. The molecule has 0 atom stereocenters. The number of hydrogen-bond donors (Lipinski definition) is 2. The van der Waals surface area contributed by atoms with Crippen LogP contribution in [-0.4, -0.2) is 10.8 Å². The van der Waals surface area contributed by atoms with Crippen molar-refractivity contribution < 1.29 is 4.79 Å². The van der Waals surface area contributed by atoms with E-state index < -0.39 is 0 Å². The molecular formula is C14H15N3O. The maximum atomic E-state index is 11.2. The second kappa shape index (κ2) is 4.87. The van der Waals surface area contributed by atoms with Gasteiger partial charge in [0, 0.05) is 11.3 Å². The first kappa shape index (κ1) is 12.1. The largest absolute Gasteiger partial charge is 0.397 e. The third-order valence-electron chi connectivity index (χ3n) is 2.72. The van der Waals surface area contributed by atoms with Gasteiger partial charge in [0.1, 0.15) is 5.82 Å². The number of aryl methyl sites for hydroxylation is 1. The summed E-state index contributed by atoms with van der Waals surface area (Å²) < 4.78 is 0. The summed E-state index contributed by atoms with van der Waals surface area (Å²) in [5.41, 5.74) is 8.94. The number of hydrogen-bond acceptors (Lipinski definition) is 4. The minimum Gasteiger partial charge on any atom is -0.397 e. The highest BCUT2D eigenvalue weighted by molar-refractivity contribution is 5.94. The maximum Gasteiger partial charge on any atom is 0.159 e. The van der Waals surface area contributed by atoms with Crippen LogP contribution in [0.1, 0.15) is 22.8 Å². The molecule has 3 N–H and O–H groups in total. The van der Waals surface area contributed by atoms with Gasteiger partial charge in [0.2, 0.25) is 0 Å². The van der Waals surface area contributed by atoms with Crippen LogP contribution in [0, 0.1) is 6.92 Å². The van der Waals surface area contributed by atoms with E-state index in [-0.39, 0.29) is 5.78 Å². The molecule has 1 heterocycles. The summed E-state index contributed by atoms with van der Waals surface area (Å²) in [5, 5.41) is 3.16. The molecule has 4 nitrogen and oxygen atoms in total. The molecule has 0 saturated heterocycles. The molecule has 0 spiro atoms. The summed E-state index contributed by atoms with van der Waals surface area (Å²) in [6.07, 6.45) is 1.63. The molecule has 1 aromatic carbocycles. The molecule has 0 aliphatic carbocycles. The molecule has 0 aliphatic rings. The zero-order valence-corrected chi connectivity index (χ0v) is 10.4. The Labute approximate surface area is 106 Å². The number of carbonyl (C=O) groups excluding carboxylic acids is 1. The van der Waals surface area contributed by atoms with Gasteiger partial charge in [0.05, 0.1) is 11.9 Å². The molecule has 0 unspecified atom stereocenters. The van der Waals surface area contributed by atoms with Gasteiger partial charge in [-0.1, -0.05) is 0 Å². The molecule has 0 radical (unpaired) electrons. The van der Waals surface area contributed by atoms with Crippen LogP contribution in [0.25, 0.3) is 0 Å². The molecule has 0 aliphatic heterocycles. The number of carbonyl (C=O) groups is 1. The number of rotatable bonds is 3. The number of benzene rings is 1. The molecule has 0 amide bonds. The smallest absolute Gasteiger partial charge is 0.159 e. The minimum atomic E-state index is 0.0583. The second-order valence-electron chi connectivity index (χ2n) is 4.18. The van der Waals surface area contributed by atoms with Crippen LogP contribution in [0.2, 0.25) is 0 Å². The Morgan fingerprint density at radius 3 is 2.50 bits per heavy atom. The van der Waals surface area contributed by atoms with Gasteiger partial charge >= 0.3 is 0 Å². The summed E-state index contributed by atoms with van der Waals surface area (Å²) in [4.78, 5) is 15.3. The lowest BCUT2D eigenvalue weighted by molar-refractivity contribution is 0.101. The van der Waals surface area contributed by atoms with Crippen molar-refractivity contribution in [3.8, 4) is 0 Å². The van der Waals surface area contributed by atoms with E-state index in [4.69, 9.17) is 5.73 Å². The number of nitrogens with two attached hydrogens (primary N) is 1.